The Kier molecular flexibility index (Phi) is 4.53. The second kappa shape index (κ2) is 6.14. The van der Waals surface area contributed by atoms with Gasteiger partial charge in [-0.1, -0.05) is 5.57 Å². The molecule has 2 aliphatic rings. The van der Waals surface area contributed by atoms with Gasteiger partial charge in [-0.05, 0) is 38.0 Å². The van der Waals surface area contributed by atoms with Crippen LogP contribution >= 0.6 is 0 Å². The first-order valence-corrected chi connectivity index (χ1v) is 6.81. The van der Waals surface area contributed by atoms with E-state index >= 15 is 0 Å². The molecule has 18 heavy (non-hydrogen) atoms. The van der Waals surface area contributed by atoms with Crippen molar-refractivity contribution in [3.05, 3.63) is 11.6 Å². The van der Waals surface area contributed by atoms with Crippen LogP contribution in [0.1, 0.15) is 38.5 Å². The number of carbonyl (C=O) groups is 2. The van der Waals surface area contributed by atoms with E-state index in [0.29, 0.717) is 18.1 Å². The normalized spacial score (nSPS) is 30.1. The van der Waals surface area contributed by atoms with Crippen LogP contribution in [0.2, 0.25) is 0 Å². The molecule has 0 aromatic rings. The number of fused-ring (bicyclic) bond motifs is 1. The van der Waals surface area contributed by atoms with Crippen molar-refractivity contribution in [3.8, 4) is 0 Å². The number of amides is 1. The molecule has 4 heteroatoms. The molecule has 2 saturated carbocycles. The van der Waals surface area contributed by atoms with E-state index in [9.17, 15) is 9.59 Å². The summed E-state index contributed by atoms with van der Waals surface area (Å²) >= 11 is 0. The Bertz CT molecular complexity index is 362. The van der Waals surface area contributed by atoms with Crippen molar-refractivity contribution < 1.29 is 14.7 Å². The monoisotopic (exact) mass is 251 g/mol. The van der Waals surface area contributed by atoms with Crippen LogP contribution in [0.25, 0.3) is 0 Å². The lowest BCUT2D eigenvalue weighted by Gasteiger charge is -2.35. The highest BCUT2D eigenvalue weighted by molar-refractivity contribution is 5.88. The number of aliphatic hydroxyl groups excluding tert-OH is 1. The van der Waals surface area contributed by atoms with Crippen LogP contribution in [0, 0.1) is 11.8 Å². The highest BCUT2D eigenvalue weighted by Crippen LogP contribution is 2.40. The largest absolute Gasteiger partial charge is 0.395 e. The Hall–Kier alpha value is -1.16. The molecule has 2 fully saturated rings. The lowest BCUT2D eigenvalue weighted by Crippen LogP contribution is -2.32. The number of carbonyl (C=O) groups excluding carboxylic acids is 2. The van der Waals surface area contributed by atoms with Gasteiger partial charge in [0.1, 0.15) is 5.78 Å². The summed E-state index contributed by atoms with van der Waals surface area (Å²) in [4.78, 5) is 23.4. The van der Waals surface area contributed by atoms with Gasteiger partial charge in [-0.25, -0.2) is 0 Å². The smallest absolute Gasteiger partial charge is 0.244 e. The van der Waals surface area contributed by atoms with Crippen molar-refractivity contribution in [2.75, 3.05) is 13.2 Å². The third-order valence-electron chi connectivity index (χ3n) is 4.05. The van der Waals surface area contributed by atoms with E-state index in [1.807, 2.05) is 0 Å². The molecule has 0 radical (unpaired) electrons. The Balaban J connectivity index is 1.94. The average Bonchev–Trinajstić information content (AvgIpc) is 2.37. The molecule has 0 aromatic heterocycles. The van der Waals surface area contributed by atoms with E-state index in [1.54, 1.807) is 6.08 Å². The maximum absolute atomic E-state index is 11.9. The quantitative estimate of drug-likeness (QED) is 0.740. The molecule has 1 amide bonds. The molecule has 2 atom stereocenters. The summed E-state index contributed by atoms with van der Waals surface area (Å²) in [5.74, 6) is 0.932. The van der Waals surface area contributed by atoms with Gasteiger partial charge in [0.2, 0.25) is 5.91 Å². The zero-order valence-electron chi connectivity index (χ0n) is 10.7. The second-order valence-electron chi connectivity index (χ2n) is 5.29. The Morgan fingerprint density at radius 3 is 3.00 bits per heavy atom. The molecule has 0 unspecified atom stereocenters. The fourth-order valence-electron chi connectivity index (χ4n) is 3.12. The van der Waals surface area contributed by atoms with Crippen molar-refractivity contribution in [1.82, 2.24) is 5.32 Å². The van der Waals surface area contributed by atoms with Gasteiger partial charge in [-0.15, -0.1) is 0 Å². The molecule has 0 aromatic carbocycles. The third kappa shape index (κ3) is 3.19. The number of rotatable bonds is 3. The van der Waals surface area contributed by atoms with Crippen molar-refractivity contribution in [1.29, 1.82) is 0 Å². The van der Waals surface area contributed by atoms with Crippen LogP contribution in [-0.4, -0.2) is 29.9 Å². The van der Waals surface area contributed by atoms with Crippen LogP contribution in [0.5, 0.6) is 0 Å². The number of Topliss-reactive ketones (excluding diaryl/α,β-unsaturated/α-hetero) is 1. The molecule has 100 valence electrons. The second-order valence-corrected chi connectivity index (χ2v) is 5.29. The Morgan fingerprint density at radius 1 is 1.39 bits per heavy atom. The lowest BCUT2D eigenvalue weighted by atomic mass is 9.69. The number of ketones is 1. The van der Waals surface area contributed by atoms with E-state index in [0.717, 1.165) is 31.3 Å². The Labute approximate surface area is 107 Å². The number of hydrogen-bond donors (Lipinski definition) is 2. The van der Waals surface area contributed by atoms with Gasteiger partial charge >= 0.3 is 0 Å². The molecule has 0 saturated heterocycles. The lowest BCUT2D eigenvalue weighted by molar-refractivity contribution is -0.127. The molecular weight excluding hydrogens is 230 g/mol. The van der Waals surface area contributed by atoms with Gasteiger partial charge < -0.3 is 10.4 Å². The number of nitrogens with one attached hydrogen (secondary N) is 1. The van der Waals surface area contributed by atoms with Gasteiger partial charge in [0, 0.05) is 25.0 Å². The standard InChI is InChI=1S/C14H21NO3/c16-7-6-15-14(18)9-10-4-5-11-2-1-3-13(17)12(11)8-10/h9,11-12,16H,1-8H2,(H,15,18)/b10-9-/t11-,12-/m0/s1. The van der Waals surface area contributed by atoms with E-state index in [2.05, 4.69) is 5.32 Å². The average molecular weight is 251 g/mol. The molecule has 2 N–H and O–H groups in total. The fourth-order valence-corrected chi connectivity index (χ4v) is 3.12. The van der Waals surface area contributed by atoms with Gasteiger partial charge in [0.05, 0.1) is 6.61 Å². The predicted octanol–water partition coefficient (Wildman–Crippen LogP) is 1.19. The number of aliphatic hydroxyl groups is 1. The SMILES string of the molecule is O=C(/C=C1/CC[C@@H]2CCCC(=O)[C@H]2C1)NCCO. The number of hydrogen-bond acceptors (Lipinski definition) is 3. The topological polar surface area (TPSA) is 66.4 Å². The molecule has 2 aliphatic carbocycles. The van der Waals surface area contributed by atoms with Gasteiger partial charge in [0.15, 0.2) is 0 Å². The molecule has 4 nitrogen and oxygen atoms in total. The van der Waals surface area contributed by atoms with E-state index in [-0.39, 0.29) is 25.0 Å². The first-order valence-electron chi connectivity index (χ1n) is 6.81. The third-order valence-corrected chi connectivity index (χ3v) is 4.05. The minimum Gasteiger partial charge on any atom is -0.395 e. The summed E-state index contributed by atoms with van der Waals surface area (Å²) in [5.41, 5.74) is 1.09. The van der Waals surface area contributed by atoms with Crippen LogP contribution in [-0.2, 0) is 9.59 Å². The first-order chi connectivity index (χ1) is 8.70. The highest BCUT2D eigenvalue weighted by atomic mass is 16.3. The van der Waals surface area contributed by atoms with E-state index < -0.39 is 0 Å². The minimum absolute atomic E-state index is 0.0436. The van der Waals surface area contributed by atoms with Crippen LogP contribution in [0.4, 0.5) is 0 Å². The minimum atomic E-state index is -0.152. The first kappa shape index (κ1) is 13.3. The number of allylic oxidation sites excluding steroid dienone is 1. The summed E-state index contributed by atoms with van der Waals surface area (Å²) in [7, 11) is 0. The van der Waals surface area contributed by atoms with Gasteiger partial charge in [0.25, 0.3) is 0 Å². The van der Waals surface area contributed by atoms with Crippen molar-refractivity contribution in [2.45, 2.75) is 38.5 Å². The molecule has 0 heterocycles. The zero-order chi connectivity index (χ0) is 13.0. The summed E-state index contributed by atoms with van der Waals surface area (Å²) in [5, 5.41) is 11.2. The van der Waals surface area contributed by atoms with Crippen molar-refractivity contribution in [2.24, 2.45) is 11.8 Å². The summed E-state index contributed by atoms with van der Waals surface area (Å²) in [6.07, 6.45) is 7.27. The summed E-state index contributed by atoms with van der Waals surface area (Å²) < 4.78 is 0. The predicted molar refractivity (Wildman–Crippen MR) is 67.9 cm³/mol. The summed E-state index contributed by atoms with van der Waals surface area (Å²) in [6.45, 7) is 0.242. The van der Waals surface area contributed by atoms with Crippen LogP contribution in [0.15, 0.2) is 11.6 Å². The van der Waals surface area contributed by atoms with Gasteiger partial charge in [-0.3, -0.25) is 9.59 Å². The molecule has 0 bridgehead atoms. The fraction of sp³-hybridized carbons (Fsp3) is 0.714. The van der Waals surface area contributed by atoms with Gasteiger partial charge in [-0.2, -0.15) is 0 Å². The summed E-state index contributed by atoms with van der Waals surface area (Å²) in [6, 6.07) is 0. The Morgan fingerprint density at radius 2 is 2.22 bits per heavy atom. The van der Waals surface area contributed by atoms with Crippen molar-refractivity contribution in [3.63, 3.8) is 0 Å². The molecular formula is C14H21NO3. The molecule has 2 rings (SSSR count). The van der Waals surface area contributed by atoms with Crippen LogP contribution in [0.3, 0.4) is 0 Å². The van der Waals surface area contributed by atoms with E-state index in [4.69, 9.17) is 5.11 Å². The highest BCUT2D eigenvalue weighted by Gasteiger charge is 2.35. The maximum Gasteiger partial charge on any atom is 0.244 e. The van der Waals surface area contributed by atoms with E-state index in [1.165, 1.54) is 6.42 Å². The molecule has 0 aliphatic heterocycles. The molecule has 0 spiro atoms. The zero-order valence-corrected chi connectivity index (χ0v) is 10.7. The maximum atomic E-state index is 11.9. The van der Waals surface area contributed by atoms with Crippen molar-refractivity contribution >= 4 is 11.7 Å². The van der Waals surface area contributed by atoms with Crippen LogP contribution < -0.4 is 5.32 Å².